The topological polar surface area (TPSA) is 70.6 Å². The summed E-state index contributed by atoms with van der Waals surface area (Å²) in [4.78, 5) is 22.8. The Morgan fingerprint density at radius 1 is 1.18 bits per heavy atom. The first-order chi connectivity index (χ1) is 8.16. The summed E-state index contributed by atoms with van der Waals surface area (Å²) in [6, 6.07) is 0.203. The summed E-state index contributed by atoms with van der Waals surface area (Å²) >= 11 is 0. The molecule has 0 aromatic heterocycles. The van der Waals surface area contributed by atoms with Crippen molar-refractivity contribution in [1.29, 1.82) is 0 Å². The van der Waals surface area contributed by atoms with Crippen LogP contribution in [0.25, 0.3) is 0 Å². The minimum absolute atomic E-state index is 0.203. The predicted molar refractivity (Wildman–Crippen MR) is 64.4 cm³/mol. The SMILES string of the molecule is C[C@@H]1CCCCC1=NNC(=O)C(=O)NC1CC1. The average Bonchev–Trinajstić information content (AvgIpc) is 3.11. The standard InChI is InChI=1S/C12H19N3O2/c1-8-4-2-3-5-10(8)14-15-12(17)11(16)13-9-6-7-9/h8-9H,2-7H2,1H3,(H,13,16)(H,15,17)/t8-/m1/s1. The molecule has 2 N–H and O–H groups in total. The van der Waals surface area contributed by atoms with Crippen LogP contribution in [0.4, 0.5) is 0 Å². The van der Waals surface area contributed by atoms with Gasteiger partial charge < -0.3 is 5.32 Å². The lowest BCUT2D eigenvalue weighted by Gasteiger charge is -2.19. The van der Waals surface area contributed by atoms with E-state index < -0.39 is 11.8 Å². The van der Waals surface area contributed by atoms with Crippen LogP contribution in [0.3, 0.4) is 0 Å². The number of hydrogen-bond donors (Lipinski definition) is 2. The lowest BCUT2D eigenvalue weighted by atomic mass is 9.89. The highest BCUT2D eigenvalue weighted by Gasteiger charge is 2.26. The summed E-state index contributed by atoms with van der Waals surface area (Å²) in [5, 5.41) is 6.70. The van der Waals surface area contributed by atoms with Gasteiger partial charge in [0.05, 0.1) is 0 Å². The number of hydrazone groups is 1. The zero-order chi connectivity index (χ0) is 12.3. The van der Waals surface area contributed by atoms with Crippen molar-refractivity contribution in [2.45, 2.75) is 51.5 Å². The van der Waals surface area contributed by atoms with E-state index in [1.54, 1.807) is 0 Å². The van der Waals surface area contributed by atoms with E-state index in [2.05, 4.69) is 22.8 Å². The van der Waals surface area contributed by atoms with Crippen LogP contribution < -0.4 is 10.7 Å². The summed E-state index contributed by atoms with van der Waals surface area (Å²) in [5.74, 6) is -0.807. The molecule has 1 atom stereocenters. The van der Waals surface area contributed by atoms with Crippen LogP contribution in [-0.4, -0.2) is 23.6 Å². The maximum Gasteiger partial charge on any atom is 0.329 e. The fourth-order valence-corrected chi connectivity index (χ4v) is 1.99. The smallest absolute Gasteiger partial charge is 0.329 e. The Bertz CT molecular complexity index is 348. The Hall–Kier alpha value is -1.39. The Morgan fingerprint density at radius 3 is 2.59 bits per heavy atom. The quantitative estimate of drug-likeness (QED) is 0.554. The summed E-state index contributed by atoms with van der Waals surface area (Å²) in [6.07, 6.45) is 6.33. The van der Waals surface area contributed by atoms with Crippen molar-refractivity contribution in [2.75, 3.05) is 0 Å². The van der Waals surface area contributed by atoms with Gasteiger partial charge in [0.2, 0.25) is 0 Å². The molecule has 17 heavy (non-hydrogen) atoms. The van der Waals surface area contributed by atoms with Gasteiger partial charge in [0.15, 0.2) is 0 Å². The van der Waals surface area contributed by atoms with Crippen LogP contribution in [0.1, 0.15) is 45.4 Å². The zero-order valence-electron chi connectivity index (χ0n) is 10.2. The van der Waals surface area contributed by atoms with Gasteiger partial charge in [-0.15, -0.1) is 0 Å². The third-order valence-corrected chi connectivity index (χ3v) is 3.31. The maximum absolute atomic E-state index is 11.4. The van der Waals surface area contributed by atoms with Crippen LogP contribution in [0, 0.1) is 5.92 Å². The maximum atomic E-state index is 11.4. The summed E-state index contributed by atoms with van der Waals surface area (Å²) in [7, 11) is 0. The molecule has 0 bridgehead atoms. The molecule has 2 rings (SSSR count). The fraction of sp³-hybridized carbons (Fsp3) is 0.750. The minimum atomic E-state index is -0.651. The first-order valence-corrected chi connectivity index (χ1v) is 6.34. The monoisotopic (exact) mass is 237 g/mol. The van der Waals surface area contributed by atoms with Gasteiger partial charge in [-0.1, -0.05) is 13.3 Å². The van der Waals surface area contributed by atoms with E-state index in [1.807, 2.05) is 0 Å². The summed E-state index contributed by atoms with van der Waals surface area (Å²) < 4.78 is 0. The minimum Gasteiger partial charge on any atom is -0.345 e. The number of carbonyl (C=O) groups excluding carboxylic acids is 2. The van der Waals surface area contributed by atoms with Gasteiger partial charge in [-0.3, -0.25) is 9.59 Å². The van der Waals surface area contributed by atoms with Gasteiger partial charge in [-0.05, 0) is 38.0 Å². The second-order valence-corrected chi connectivity index (χ2v) is 4.94. The second-order valence-electron chi connectivity index (χ2n) is 4.94. The first-order valence-electron chi connectivity index (χ1n) is 6.34. The molecule has 0 heterocycles. The van der Waals surface area contributed by atoms with Crippen LogP contribution in [0.5, 0.6) is 0 Å². The molecule has 0 aliphatic heterocycles. The molecule has 2 saturated carbocycles. The van der Waals surface area contributed by atoms with Gasteiger partial charge in [0.25, 0.3) is 0 Å². The molecule has 0 aromatic rings. The molecular formula is C12H19N3O2. The lowest BCUT2D eigenvalue weighted by molar-refractivity contribution is -0.139. The van der Waals surface area contributed by atoms with Crippen molar-refractivity contribution in [2.24, 2.45) is 11.0 Å². The lowest BCUT2D eigenvalue weighted by Crippen LogP contribution is -2.39. The van der Waals surface area contributed by atoms with Gasteiger partial charge in [-0.2, -0.15) is 5.10 Å². The molecule has 5 heteroatoms. The fourth-order valence-electron chi connectivity index (χ4n) is 1.99. The van der Waals surface area contributed by atoms with E-state index in [9.17, 15) is 9.59 Å². The van der Waals surface area contributed by atoms with Crippen molar-refractivity contribution in [3.05, 3.63) is 0 Å². The molecule has 0 radical (unpaired) electrons. The molecule has 2 amide bonds. The summed E-state index contributed by atoms with van der Waals surface area (Å²) in [6.45, 7) is 2.11. The Balaban J connectivity index is 1.80. The Labute approximate surface area is 101 Å². The predicted octanol–water partition coefficient (Wildman–Crippen LogP) is 0.947. The van der Waals surface area contributed by atoms with Crippen molar-refractivity contribution in [1.82, 2.24) is 10.7 Å². The van der Waals surface area contributed by atoms with E-state index >= 15 is 0 Å². The Morgan fingerprint density at radius 2 is 1.94 bits per heavy atom. The largest absolute Gasteiger partial charge is 0.345 e. The number of carbonyl (C=O) groups is 2. The molecule has 0 spiro atoms. The average molecular weight is 237 g/mol. The highest BCUT2D eigenvalue weighted by Crippen LogP contribution is 2.20. The molecule has 5 nitrogen and oxygen atoms in total. The molecule has 94 valence electrons. The second kappa shape index (κ2) is 5.29. The van der Waals surface area contributed by atoms with Crippen molar-refractivity contribution in [3.8, 4) is 0 Å². The Kier molecular flexibility index (Phi) is 3.76. The molecule has 0 aromatic carbocycles. The van der Waals surface area contributed by atoms with Crippen LogP contribution in [0.2, 0.25) is 0 Å². The van der Waals surface area contributed by atoms with Gasteiger partial charge >= 0.3 is 11.8 Å². The molecule has 2 aliphatic rings. The molecule has 0 unspecified atom stereocenters. The van der Waals surface area contributed by atoms with E-state index in [4.69, 9.17) is 0 Å². The highest BCUT2D eigenvalue weighted by atomic mass is 16.2. The third kappa shape index (κ3) is 3.54. The number of nitrogens with one attached hydrogen (secondary N) is 2. The van der Waals surface area contributed by atoms with E-state index in [0.717, 1.165) is 37.8 Å². The third-order valence-electron chi connectivity index (χ3n) is 3.31. The zero-order valence-corrected chi connectivity index (χ0v) is 10.2. The molecule has 2 fully saturated rings. The van der Waals surface area contributed by atoms with Crippen LogP contribution in [0.15, 0.2) is 5.10 Å². The molecule has 2 aliphatic carbocycles. The molecular weight excluding hydrogens is 218 g/mol. The number of amides is 2. The normalized spacial score (nSPS) is 26.6. The van der Waals surface area contributed by atoms with Gasteiger partial charge in [0, 0.05) is 11.8 Å². The van der Waals surface area contributed by atoms with E-state index in [1.165, 1.54) is 6.42 Å². The van der Waals surface area contributed by atoms with Crippen molar-refractivity contribution < 1.29 is 9.59 Å². The van der Waals surface area contributed by atoms with Gasteiger partial charge in [0.1, 0.15) is 0 Å². The van der Waals surface area contributed by atoms with Crippen molar-refractivity contribution >= 4 is 17.5 Å². The van der Waals surface area contributed by atoms with Crippen LogP contribution >= 0.6 is 0 Å². The van der Waals surface area contributed by atoms with Crippen LogP contribution in [-0.2, 0) is 9.59 Å². The van der Waals surface area contributed by atoms with E-state index in [-0.39, 0.29) is 6.04 Å². The number of rotatable bonds is 2. The highest BCUT2D eigenvalue weighted by molar-refractivity contribution is 6.35. The van der Waals surface area contributed by atoms with E-state index in [0.29, 0.717) is 5.92 Å². The number of nitrogens with zero attached hydrogens (tertiary/aromatic N) is 1. The van der Waals surface area contributed by atoms with Crippen molar-refractivity contribution in [3.63, 3.8) is 0 Å². The van der Waals surface area contributed by atoms with Gasteiger partial charge in [-0.25, -0.2) is 5.43 Å². The summed E-state index contributed by atoms with van der Waals surface area (Å²) in [5.41, 5.74) is 3.36. The number of hydrogen-bond acceptors (Lipinski definition) is 3. The first kappa shape index (κ1) is 12.1. The molecule has 0 saturated heterocycles.